The van der Waals surface area contributed by atoms with E-state index in [0.29, 0.717) is 12.8 Å². The number of hydrogen-bond acceptors (Lipinski definition) is 3. The number of Topliss-reactive ketones (excluding diaryl/α,β-unsaturated/α-hetero) is 1. The van der Waals surface area contributed by atoms with Gasteiger partial charge in [-0.05, 0) is 12.8 Å². The number of nitrogens with one attached hydrogen (secondary N) is 1. The fourth-order valence-electron chi connectivity index (χ4n) is 1.22. The molecule has 1 N–H and O–H groups in total. The van der Waals surface area contributed by atoms with Crippen molar-refractivity contribution >= 4 is 11.9 Å². The first kappa shape index (κ1) is 12.9. The number of alkyl carbamates (subject to hydrolysis) is 1. The molecule has 0 saturated carbocycles. The molecule has 82 valence electrons. The van der Waals surface area contributed by atoms with Gasteiger partial charge in [0.25, 0.3) is 0 Å². The number of carbonyl (C=O) groups excluding carboxylic acids is 2. The molecule has 0 saturated heterocycles. The van der Waals surface area contributed by atoms with Crippen molar-refractivity contribution in [1.29, 1.82) is 0 Å². The van der Waals surface area contributed by atoms with Crippen LogP contribution in [0.2, 0.25) is 0 Å². The summed E-state index contributed by atoms with van der Waals surface area (Å²) in [5, 5.41) is 2.54. The van der Waals surface area contributed by atoms with Crippen LogP contribution in [0.1, 0.15) is 39.5 Å². The lowest BCUT2D eigenvalue weighted by atomic mass is 10.0. The summed E-state index contributed by atoms with van der Waals surface area (Å²) >= 11 is 0. The number of ether oxygens (including phenoxy) is 1. The zero-order valence-corrected chi connectivity index (χ0v) is 9.13. The third-order valence-electron chi connectivity index (χ3n) is 1.94. The van der Waals surface area contributed by atoms with Crippen LogP contribution in [-0.4, -0.2) is 25.0 Å². The molecule has 4 heteroatoms. The van der Waals surface area contributed by atoms with Crippen molar-refractivity contribution in [2.75, 3.05) is 7.11 Å². The van der Waals surface area contributed by atoms with Crippen LogP contribution in [0.3, 0.4) is 0 Å². The Labute approximate surface area is 85.0 Å². The lowest BCUT2D eigenvalue weighted by Crippen LogP contribution is -2.40. The topological polar surface area (TPSA) is 55.4 Å². The summed E-state index contributed by atoms with van der Waals surface area (Å²) in [5.74, 6) is 0.0831. The van der Waals surface area contributed by atoms with Gasteiger partial charge < -0.3 is 10.1 Å². The molecule has 1 atom stereocenters. The highest BCUT2D eigenvalue weighted by Crippen LogP contribution is 2.03. The predicted molar refractivity (Wildman–Crippen MR) is 54.2 cm³/mol. The number of hydrogen-bond donors (Lipinski definition) is 1. The fourth-order valence-corrected chi connectivity index (χ4v) is 1.22. The average Bonchev–Trinajstić information content (AvgIpc) is 2.17. The van der Waals surface area contributed by atoms with E-state index in [2.05, 4.69) is 10.1 Å². The van der Waals surface area contributed by atoms with Crippen molar-refractivity contribution in [3.63, 3.8) is 0 Å². The molecule has 1 amide bonds. The van der Waals surface area contributed by atoms with Crippen LogP contribution < -0.4 is 5.32 Å². The Hall–Kier alpha value is -1.06. The number of ketones is 1. The van der Waals surface area contributed by atoms with Crippen molar-refractivity contribution in [3.05, 3.63) is 0 Å². The van der Waals surface area contributed by atoms with Gasteiger partial charge in [-0.2, -0.15) is 0 Å². The van der Waals surface area contributed by atoms with Crippen LogP contribution in [0.15, 0.2) is 0 Å². The molecule has 0 aromatic heterocycles. The first-order chi connectivity index (χ1) is 6.65. The monoisotopic (exact) mass is 201 g/mol. The van der Waals surface area contributed by atoms with Gasteiger partial charge in [-0.15, -0.1) is 0 Å². The van der Waals surface area contributed by atoms with Gasteiger partial charge in [0.15, 0.2) is 5.78 Å². The van der Waals surface area contributed by atoms with Gasteiger partial charge in [-0.3, -0.25) is 4.79 Å². The quantitative estimate of drug-likeness (QED) is 0.713. The van der Waals surface area contributed by atoms with Crippen molar-refractivity contribution < 1.29 is 14.3 Å². The van der Waals surface area contributed by atoms with Gasteiger partial charge in [-0.1, -0.05) is 20.3 Å². The maximum Gasteiger partial charge on any atom is 0.407 e. The lowest BCUT2D eigenvalue weighted by Gasteiger charge is -2.15. The fraction of sp³-hybridized carbons (Fsp3) is 0.800. The molecule has 0 aliphatic carbocycles. The summed E-state index contributed by atoms with van der Waals surface area (Å²) in [4.78, 5) is 22.4. The molecule has 0 rings (SSSR count). The van der Waals surface area contributed by atoms with E-state index in [1.165, 1.54) is 7.11 Å². The van der Waals surface area contributed by atoms with Gasteiger partial charge in [0, 0.05) is 6.42 Å². The van der Waals surface area contributed by atoms with Gasteiger partial charge >= 0.3 is 6.09 Å². The Morgan fingerprint density at radius 3 is 2.36 bits per heavy atom. The molecule has 0 unspecified atom stereocenters. The zero-order chi connectivity index (χ0) is 11.0. The van der Waals surface area contributed by atoms with E-state index < -0.39 is 6.09 Å². The SMILES string of the molecule is CCCC(=O)[C@H](CCC)NC(=O)OC. The first-order valence-electron chi connectivity index (χ1n) is 5.02. The van der Waals surface area contributed by atoms with Crippen LogP contribution >= 0.6 is 0 Å². The first-order valence-corrected chi connectivity index (χ1v) is 5.02. The highest BCUT2D eigenvalue weighted by atomic mass is 16.5. The van der Waals surface area contributed by atoms with Crippen molar-refractivity contribution in [3.8, 4) is 0 Å². The van der Waals surface area contributed by atoms with Crippen LogP contribution in [-0.2, 0) is 9.53 Å². The Morgan fingerprint density at radius 1 is 1.29 bits per heavy atom. The largest absolute Gasteiger partial charge is 0.453 e. The van der Waals surface area contributed by atoms with Gasteiger partial charge in [0.05, 0.1) is 13.2 Å². The normalized spacial score (nSPS) is 11.9. The lowest BCUT2D eigenvalue weighted by molar-refractivity contribution is -0.121. The Balaban J connectivity index is 4.13. The Morgan fingerprint density at radius 2 is 1.93 bits per heavy atom. The van der Waals surface area contributed by atoms with E-state index in [0.717, 1.165) is 12.8 Å². The van der Waals surface area contributed by atoms with Crippen LogP contribution in [0, 0.1) is 0 Å². The predicted octanol–water partition coefficient (Wildman–Crippen LogP) is 1.88. The minimum Gasteiger partial charge on any atom is -0.453 e. The maximum atomic E-state index is 11.5. The summed E-state index contributed by atoms with van der Waals surface area (Å²) in [6.45, 7) is 3.92. The molecule has 0 aliphatic rings. The Kier molecular flexibility index (Phi) is 6.80. The second-order valence-corrected chi connectivity index (χ2v) is 3.19. The smallest absolute Gasteiger partial charge is 0.407 e. The molecule has 4 nitrogen and oxygen atoms in total. The molecule has 0 aromatic carbocycles. The van der Waals surface area contributed by atoms with Crippen molar-refractivity contribution in [1.82, 2.24) is 5.32 Å². The van der Waals surface area contributed by atoms with E-state index in [9.17, 15) is 9.59 Å². The van der Waals surface area contributed by atoms with E-state index >= 15 is 0 Å². The highest BCUT2D eigenvalue weighted by Gasteiger charge is 2.18. The van der Waals surface area contributed by atoms with E-state index in [-0.39, 0.29) is 11.8 Å². The van der Waals surface area contributed by atoms with Crippen LogP contribution in [0.4, 0.5) is 4.79 Å². The van der Waals surface area contributed by atoms with Crippen LogP contribution in [0.5, 0.6) is 0 Å². The molecule has 0 heterocycles. The van der Waals surface area contributed by atoms with Crippen molar-refractivity contribution in [2.45, 2.75) is 45.6 Å². The minimum atomic E-state index is -0.534. The van der Waals surface area contributed by atoms with E-state index in [1.807, 2.05) is 13.8 Å². The van der Waals surface area contributed by atoms with Gasteiger partial charge in [0.2, 0.25) is 0 Å². The zero-order valence-electron chi connectivity index (χ0n) is 9.13. The molecule has 0 aliphatic heterocycles. The standard InChI is InChI=1S/C10H19NO3/c1-4-6-8(9(12)7-5-2)11-10(13)14-3/h8H,4-7H2,1-3H3,(H,11,13)/t8-/m0/s1. The van der Waals surface area contributed by atoms with Gasteiger partial charge in [-0.25, -0.2) is 4.79 Å². The Bertz CT molecular complexity index is 192. The molecular formula is C10H19NO3. The second kappa shape index (κ2) is 7.35. The van der Waals surface area contributed by atoms with Crippen molar-refractivity contribution in [2.24, 2.45) is 0 Å². The molecule has 0 spiro atoms. The van der Waals surface area contributed by atoms with Gasteiger partial charge in [0.1, 0.15) is 0 Å². The van der Waals surface area contributed by atoms with E-state index in [4.69, 9.17) is 0 Å². The number of rotatable bonds is 6. The summed E-state index contributed by atoms with van der Waals surface area (Å²) in [6, 6.07) is -0.382. The molecule has 0 bridgehead atoms. The molecule has 0 aromatic rings. The summed E-state index contributed by atoms with van der Waals surface area (Å²) in [6.07, 6.45) is 2.32. The third-order valence-corrected chi connectivity index (χ3v) is 1.94. The maximum absolute atomic E-state index is 11.5. The summed E-state index contributed by atoms with van der Waals surface area (Å²) in [7, 11) is 1.29. The summed E-state index contributed by atoms with van der Waals surface area (Å²) in [5.41, 5.74) is 0. The second-order valence-electron chi connectivity index (χ2n) is 3.19. The number of carbonyl (C=O) groups is 2. The molecule has 14 heavy (non-hydrogen) atoms. The van der Waals surface area contributed by atoms with E-state index in [1.54, 1.807) is 0 Å². The average molecular weight is 201 g/mol. The number of amides is 1. The van der Waals surface area contributed by atoms with Crippen LogP contribution in [0.25, 0.3) is 0 Å². The number of methoxy groups -OCH3 is 1. The molecular weight excluding hydrogens is 182 g/mol. The third kappa shape index (κ3) is 4.84. The minimum absolute atomic E-state index is 0.0831. The molecule has 0 fully saturated rings. The molecule has 0 radical (unpaired) electrons. The highest BCUT2D eigenvalue weighted by molar-refractivity contribution is 5.87. The summed E-state index contributed by atoms with van der Waals surface area (Å²) < 4.78 is 4.45.